The molecule has 0 fully saturated rings. The molecule has 1 atom stereocenters. The van der Waals surface area contributed by atoms with Crippen LogP contribution in [0.15, 0.2) is 48.5 Å². The van der Waals surface area contributed by atoms with Crippen LogP contribution in [0, 0.1) is 11.8 Å². The molecule has 0 aliphatic rings. The fourth-order valence-electron chi connectivity index (χ4n) is 5.04. The molecule has 0 saturated heterocycles. The van der Waals surface area contributed by atoms with Crippen LogP contribution in [-0.2, 0) is 23.9 Å². The van der Waals surface area contributed by atoms with Gasteiger partial charge in [-0.1, -0.05) is 36.1 Å². The second kappa shape index (κ2) is 17.7. The monoisotopic (exact) mass is 972 g/mol. The summed E-state index contributed by atoms with van der Waals surface area (Å²) in [5.74, 6) is -69.3. The fraction of sp³-hybridized carbons (Fsp3) is 0.588. The van der Waals surface area contributed by atoms with Gasteiger partial charge in [0.25, 0.3) is 0 Å². The number of benzene rings is 2. The zero-order chi connectivity index (χ0) is 48.6. The van der Waals surface area contributed by atoms with Crippen LogP contribution in [0.2, 0.25) is 0 Å². The average Bonchev–Trinajstić information content (AvgIpc) is 3.13. The predicted octanol–water partition coefficient (Wildman–Crippen LogP) is 13.2. The molecule has 0 saturated carbocycles. The molecule has 0 aromatic heterocycles. The van der Waals surface area contributed by atoms with Crippen molar-refractivity contribution in [2.45, 2.75) is 122 Å². The molecule has 2 nitrogen and oxygen atoms in total. The maximum atomic E-state index is 14.1. The van der Waals surface area contributed by atoms with Crippen molar-refractivity contribution in [1.29, 1.82) is 0 Å². The highest BCUT2D eigenvalue weighted by atomic mass is 32.2. The Balaban J connectivity index is 1.98. The van der Waals surface area contributed by atoms with E-state index in [-0.39, 0.29) is 35.1 Å². The molecular weight excluding hydrogens is 947 g/mol. The highest BCUT2D eigenvalue weighted by Gasteiger charge is 2.92. The smallest absolute Gasteiger partial charge is 0.301 e. The van der Waals surface area contributed by atoms with Gasteiger partial charge >= 0.3 is 70.7 Å². The number of unbranched alkanes of at least 4 members (excludes halogenated alkanes) is 2. The maximum absolute atomic E-state index is 14.1. The molecule has 0 radical (unpaired) electrons. The minimum atomic E-state index is -7.99. The van der Waals surface area contributed by atoms with Crippen LogP contribution < -0.4 is 0 Å². The molecule has 28 heteroatoms. The van der Waals surface area contributed by atoms with Crippen LogP contribution in [0.5, 0.6) is 0 Å². The second-order valence-corrected chi connectivity index (χ2v) is 14.3. The first-order chi connectivity index (χ1) is 27.5. The molecule has 0 bridgehead atoms. The van der Waals surface area contributed by atoms with Gasteiger partial charge in [0, 0.05) is 24.0 Å². The van der Waals surface area contributed by atoms with Gasteiger partial charge in [0.1, 0.15) is 0 Å². The highest BCUT2D eigenvalue weighted by Crippen LogP contribution is 2.62. The third-order valence-corrected chi connectivity index (χ3v) is 9.59. The molecule has 1 unspecified atom stereocenters. The van der Waals surface area contributed by atoms with E-state index in [0.29, 0.717) is 0 Å². The summed E-state index contributed by atoms with van der Waals surface area (Å²) in [5, 5.41) is -6.99. The van der Waals surface area contributed by atoms with Crippen molar-refractivity contribution in [3.63, 3.8) is 0 Å². The largest absolute Gasteiger partial charge is 0.460 e. The Labute approximate surface area is 334 Å². The molecule has 354 valence electrons. The van der Waals surface area contributed by atoms with Crippen molar-refractivity contribution in [3.8, 4) is 11.8 Å². The van der Waals surface area contributed by atoms with Gasteiger partial charge in [0.05, 0.1) is 0 Å². The van der Waals surface area contributed by atoms with Gasteiger partial charge in [-0.15, -0.1) is 0 Å². The molecule has 62 heavy (non-hydrogen) atoms. The topological polar surface area (TPSA) is 37.3 Å². The van der Waals surface area contributed by atoms with Gasteiger partial charge in [-0.3, -0.25) is 0 Å². The average molecular weight is 973 g/mol. The lowest BCUT2D eigenvalue weighted by molar-refractivity contribution is -0.440. The molecule has 2 aromatic rings. The van der Waals surface area contributed by atoms with Gasteiger partial charge in [0.15, 0.2) is 0 Å². The third kappa shape index (κ3) is 9.71. The molecule has 2 rings (SSSR count). The summed E-state index contributed by atoms with van der Waals surface area (Å²) < 4.78 is 355. The maximum Gasteiger partial charge on any atom is 0.460 e. The lowest BCUT2D eigenvalue weighted by Crippen LogP contribution is -2.71. The van der Waals surface area contributed by atoms with Gasteiger partial charge in [0.2, 0.25) is 11.1 Å². The first-order valence-electron chi connectivity index (χ1n) is 16.6. The quantitative estimate of drug-likeness (QED) is 0.0621. The Kier molecular flexibility index (Phi) is 15.6. The predicted molar refractivity (Wildman–Crippen MR) is 165 cm³/mol. The van der Waals surface area contributed by atoms with Crippen LogP contribution in [-0.4, -0.2) is 79.4 Å². The van der Waals surface area contributed by atoms with E-state index in [1.165, 1.54) is 48.5 Å². The van der Waals surface area contributed by atoms with E-state index in [4.69, 9.17) is 4.55 Å². The molecule has 0 aliphatic heterocycles. The van der Waals surface area contributed by atoms with E-state index in [2.05, 4.69) is 11.8 Å². The molecular formula is C34H25F25O2S. The minimum Gasteiger partial charge on any atom is -0.301 e. The Morgan fingerprint density at radius 1 is 0.387 bits per heavy atom. The molecule has 0 aliphatic carbocycles. The first kappa shape index (κ1) is 54.5. The van der Waals surface area contributed by atoms with Gasteiger partial charge in [-0.25, -0.2) is 4.21 Å². The van der Waals surface area contributed by atoms with E-state index in [9.17, 15) is 114 Å². The number of aryl methyl sites for hydroxylation is 2. The van der Waals surface area contributed by atoms with Crippen LogP contribution in [0.25, 0.3) is 0 Å². The summed E-state index contributed by atoms with van der Waals surface area (Å²) in [6, 6.07) is 10.3. The Morgan fingerprint density at radius 3 is 0.935 bits per heavy atom. The number of alkyl halides is 25. The van der Waals surface area contributed by atoms with Crippen molar-refractivity contribution in [2.75, 3.05) is 0 Å². The minimum absolute atomic E-state index is 0.239. The molecule has 0 heterocycles. The Hall–Kier alpha value is -3.64. The number of hydrogen-bond donors (Lipinski definition) is 1. The highest BCUT2D eigenvalue weighted by molar-refractivity contribution is 7.80. The summed E-state index contributed by atoms with van der Waals surface area (Å²) in [6.07, 6.45) is -16.2. The van der Waals surface area contributed by atoms with E-state index in [0.717, 1.165) is 0 Å². The van der Waals surface area contributed by atoms with E-state index in [1.54, 1.807) is 0 Å². The molecule has 1 N–H and O–H groups in total. The van der Waals surface area contributed by atoms with Crippen molar-refractivity contribution in [2.24, 2.45) is 0 Å². The summed E-state index contributed by atoms with van der Waals surface area (Å²) in [7, 11) is 0. The number of hydrogen-bond acceptors (Lipinski definition) is 1. The summed E-state index contributed by atoms with van der Waals surface area (Å²) in [4.78, 5) is 0. The lowest BCUT2D eigenvalue weighted by Gasteiger charge is -2.40. The van der Waals surface area contributed by atoms with Gasteiger partial charge in [-0.2, -0.15) is 110 Å². The van der Waals surface area contributed by atoms with Gasteiger partial charge in [-0.05, 0) is 73.9 Å². The van der Waals surface area contributed by atoms with Crippen molar-refractivity contribution in [1.82, 2.24) is 0 Å². The van der Waals surface area contributed by atoms with Gasteiger partial charge < -0.3 is 4.55 Å². The molecule has 0 amide bonds. The Bertz CT molecular complexity index is 1910. The van der Waals surface area contributed by atoms with Crippen LogP contribution >= 0.6 is 0 Å². The summed E-state index contributed by atoms with van der Waals surface area (Å²) in [5.41, 5.74) is 0.988. The van der Waals surface area contributed by atoms with Crippen LogP contribution in [0.1, 0.15) is 60.8 Å². The van der Waals surface area contributed by atoms with Crippen molar-refractivity contribution in [3.05, 3.63) is 70.8 Å². The zero-order valence-corrected chi connectivity index (χ0v) is 30.8. The standard InChI is InChI=1S/C34H25F25O2S/c35-23(36,25(39,40)27(43,44)29(47,48)31(51,52)33(55,56)57)17-3-1-5-19-7-11-21(12-8-19)15-16-22-13-9-20(10-14-22)6-2-4-18-24(37,38)26(41,42)28(45,46)30(49,50)32(53,54)34(58,59)62(60)61/h7-14H,1-6,17-18H2,(H,60,61). The summed E-state index contributed by atoms with van der Waals surface area (Å²) >= 11 is -5.35. The first-order valence-corrected chi connectivity index (χ1v) is 17.7. The molecule has 2 aromatic carbocycles. The third-order valence-electron chi connectivity index (χ3n) is 8.90. The zero-order valence-electron chi connectivity index (χ0n) is 30.0. The SMILES string of the molecule is O=S(O)C(F)(F)C(F)(F)C(F)(F)C(F)(F)C(F)(F)C(F)(F)CCCCc1ccc(C#Cc2ccc(CCCCC(F)(F)C(F)(F)C(F)(F)C(F)(F)C(F)(F)C(F)(F)F)cc2)cc1. The second-order valence-electron chi connectivity index (χ2n) is 13.3. The number of rotatable bonds is 20. The van der Waals surface area contributed by atoms with E-state index >= 15 is 0 Å². The summed E-state index contributed by atoms with van der Waals surface area (Å²) in [6.45, 7) is 0. The van der Waals surface area contributed by atoms with Crippen LogP contribution in [0.4, 0.5) is 110 Å². The lowest BCUT2D eigenvalue weighted by atomic mass is 9.91. The Morgan fingerprint density at radius 2 is 0.661 bits per heavy atom. The van der Waals surface area contributed by atoms with E-state index in [1.807, 2.05) is 0 Å². The van der Waals surface area contributed by atoms with E-state index < -0.39 is 120 Å². The van der Waals surface area contributed by atoms with Crippen molar-refractivity contribution < 1.29 is 119 Å². The number of halogens is 25. The van der Waals surface area contributed by atoms with Crippen LogP contribution in [0.3, 0.4) is 0 Å². The fourth-order valence-corrected chi connectivity index (χ4v) is 5.39. The molecule has 0 spiro atoms. The van der Waals surface area contributed by atoms with Crippen molar-refractivity contribution >= 4 is 11.1 Å². The normalized spacial score (nSPS) is 15.3.